The van der Waals surface area contributed by atoms with E-state index in [1.807, 2.05) is 0 Å². The summed E-state index contributed by atoms with van der Waals surface area (Å²) in [5.41, 5.74) is 6.46. The number of hydrogen-bond donors (Lipinski definition) is 1. The summed E-state index contributed by atoms with van der Waals surface area (Å²) in [5, 5.41) is 0. The van der Waals surface area contributed by atoms with Crippen LogP contribution in [0, 0.1) is 11.6 Å². The number of alkyl halides is 2. The number of hydrogen-bond acceptors (Lipinski definition) is 2. The van der Waals surface area contributed by atoms with Gasteiger partial charge in [0.1, 0.15) is 17.4 Å². The maximum absolute atomic E-state index is 13.6. The van der Waals surface area contributed by atoms with Gasteiger partial charge in [-0.2, -0.15) is 8.78 Å². The minimum Gasteiger partial charge on any atom is -0.434 e. The van der Waals surface area contributed by atoms with Gasteiger partial charge in [-0.15, -0.1) is 0 Å². The smallest absolute Gasteiger partial charge is 0.387 e. The van der Waals surface area contributed by atoms with Crippen molar-refractivity contribution in [1.82, 2.24) is 0 Å². The SMILES string of the molecule is NC(Cc1ccc(F)cc1F)c1ccccc1OC(F)F. The highest BCUT2D eigenvalue weighted by Gasteiger charge is 2.17. The van der Waals surface area contributed by atoms with Crippen molar-refractivity contribution in [2.45, 2.75) is 19.1 Å². The van der Waals surface area contributed by atoms with Gasteiger partial charge in [-0.1, -0.05) is 24.3 Å². The van der Waals surface area contributed by atoms with Crippen molar-refractivity contribution in [1.29, 1.82) is 0 Å². The van der Waals surface area contributed by atoms with Crippen molar-refractivity contribution in [3.63, 3.8) is 0 Å². The Kier molecular flexibility index (Phi) is 4.80. The molecule has 2 N–H and O–H groups in total. The first-order valence-corrected chi connectivity index (χ1v) is 6.20. The first-order chi connectivity index (χ1) is 9.97. The van der Waals surface area contributed by atoms with Gasteiger partial charge < -0.3 is 10.5 Å². The fourth-order valence-electron chi connectivity index (χ4n) is 2.02. The van der Waals surface area contributed by atoms with Gasteiger partial charge in [-0.05, 0) is 24.1 Å². The van der Waals surface area contributed by atoms with Gasteiger partial charge in [-0.25, -0.2) is 8.78 Å². The van der Waals surface area contributed by atoms with E-state index in [9.17, 15) is 17.6 Å². The molecule has 0 fully saturated rings. The number of rotatable bonds is 5. The molecule has 0 heterocycles. The van der Waals surface area contributed by atoms with Gasteiger partial charge in [0.15, 0.2) is 0 Å². The summed E-state index contributed by atoms with van der Waals surface area (Å²) in [5.74, 6) is -1.47. The molecule has 0 aliphatic rings. The minimum atomic E-state index is -2.97. The average Bonchev–Trinajstić information content (AvgIpc) is 2.42. The highest BCUT2D eigenvalue weighted by molar-refractivity contribution is 5.37. The molecule has 2 aromatic carbocycles. The zero-order valence-corrected chi connectivity index (χ0v) is 10.9. The summed E-state index contributed by atoms with van der Waals surface area (Å²) in [6, 6.07) is 8.45. The van der Waals surface area contributed by atoms with Gasteiger partial charge in [0.25, 0.3) is 0 Å². The molecule has 0 radical (unpaired) electrons. The van der Waals surface area contributed by atoms with Crippen molar-refractivity contribution in [3.8, 4) is 5.75 Å². The molecular formula is C15H13F4NO. The normalized spacial score (nSPS) is 12.5. The van der Waals surface area contributed by atoms with Gasteiger partial charge in [0, 0.05) is 17.7 Å². The summed E-state index contributed by atoms with van der Waals surface area (Å²) >= 11 is 0. The molecule has 0 saturated heterocycles. The van der Waals surface area contributed by atoms with Gasteiger partial charge in [-0.3, -0.25) is 0 Å². The van der Waals surface area contributed by atoms with E-state index in [1.165, 1.54) is 24.3 Å². The van der Waals surface area contributed by atoms with Crippen molar-refractivity contribution in [2.24, 2.45) is 5.73 Å². The van der Waals surface area contributed by atoms with Crippen molar-refractivity contribution >= 4 is 0 Å². The lowest BCUT2D eigenvalue weighted by Gasteiger charge is -2.17. The first-order valence-electron chi connectivity index (χ1n) is 6.20. The van der Waals surface area contributed by atoms with E-state index in [1.54, 1.807) is 6.07 Å². The van der Waals surface area contributed by atoms with Crippen LogP contribution in [0.15, 0.2) is 42.5 Å². The number of para-hydroxylation sites is 1. The van der Waals surface area contributed by atoms with Crippen molar-refractivity contribution < 1.29 is 22.3 Å². The Bertz CT molecular complexity index is 618. The molecule has 112 valence electrons. The van der Waals surface area contributed by atoms with E-state index < -0.39 is 24.3 Å². The molecule has 21 heavy (non-hydrogen) atoms. The molecular weight excluding hydrogens is 286 g/mol. The molecule has 0 spiro atoms. The molecule has 0 aromatic heterocycles. The van der Waals surface area contributed by atoms with Crippen LogP contribution in [0.25, 0.3) is 0 Å². The first kappa shape index (κ1) is 15.3. The molecule has 0 saturated carbocycles. The quantitative estimate of drug-likeness (QED) is 0.852. The van der Waals surface area contributed by atoms with Crippen LogP contribution in [-0.4, -0.2) is 6.61 Å². The van der Waals surface area contributed by atoms with E-state index in [0.29, 0.717) is 5.56 Å². The van der Waals surface area contributed by atoms with Gasteiger partial charge >= 0.3 is 6.61 Å². The molecule has 1 unspecified atom stereocenters. The number of ether oxygens (including phenoxy) is 1. The Balaban J connectivity index is 2.22. The summed E-state index contributed by atoms with van der Waals surface area (Å²) in [6.45, 7) is -2.97. The topological polar surface area (TPSA) is 35.2 Å². The van der Waals surface area contributed by atoms with Crippen LogP contribution in [0.2, 0.25) is 0 Å². The molecule has 0 bridgehead atoms. The molecule has 1 atom stereocenters. The number of benzene rings is 2. The van der Waals surface area contributed by atoms with Crippen molar-refractivity contribution in [2.75, 3.05) is 0 Å². The van der Waals surface area contributed by atoms with Gasteiger partial charge in [0.2, 0.25) is 0 Å². The predicted octanol–water partition coefficient (Wildman–Crippen LogP) is 3.81. The fourth-order valence-corrected chi connectivity index (χ4v) is 2.02. The van der Waals surface area contributed by atoms with Crippen LogP contribution >= 0.6 is 0 Å². The Morgan fingerprint density at radius 3 is 2.43 bits per heavy atom. The molecule has 0 aliphatic carbocycles. The standard InChI is InChI=1S/C15H13F4NO/c16-10-6-5-9(12(17)8-10)7-13(20)11-3-1-2-4-14(11)21-15(18)19/h1-6,8,13,15H,7,20H2. The maximum atomic E-state index is 13.6. The highest BCUT2D eigenvalue weighted by Crippen LogP contribution is 2.28. The third-order valence-electron chi connectivity index (χ3n) is 2.99. The van der Waals surface area contributed by atoms with Crippen molar-refractivity contribution in [3.05, 3.63) is 65.2 Å². The summed E-state index contributed by atoms with van der Waals surface area (Å²) in [4.78, 5) is 0. The molecule has 6 heteroatoms. The zero-order chi connectivity index (χ0) is 15.4. The van der Waals surface area contributed by atoms with E-state index in [-0.39, 0.29) is 17.7 Å². The van der Waals surface area contributed by atoms with Crippen LogP contribution < -0.4 is 10.5 Å². The Labute approximate surface area is 119 Å². The second-order valence-corrected chi connectivity index (χ2v) is 4.46. The van der Waals surface area contributed by atoms with E-state index in [0.717, 1.165) is 12.1 Å². The Morgan fingerprint density at radius 2 is 1.76 bits per heavy atom. The second kappa shape index (κ2) is 6.58. The lowest BCUT2D eigenvalue weighted by Crippen LogP contribution is -2.16. The summed E-state index contributed by atoms with van der Waals surface area (Å²) < 4.78 is 55.5. The van der Waals surface area contributed by atoms with E-state index in [2.05, 4.69) is 4.74 Å². The Morgan fingerprint density at radius 1 is 1.05 bits per heavy atom. The van der Waals surface area contributed by atoms with Crippen LogP contribution in [0.1, 0.15) is 17.2 Å². The molecule has 2 nitrogen and oxygen atoms in total. The molecule has 2 aromatic rings. The predicted molar refractivity (Wildman–Crippen MR) is 70.1 cm³/mol. The summed E-state index contributed by atoms with van der Waals surface area (Å²) in [6.07, 6.45) is 0.0374. The van der Waals surface area contributed by atoms with Crippen LogP contribution in [0.3, 0.4) is 0 Å². The van der Waals surface area contributed by atoms with Gasteiger partial charge in [0.05, 0.1) is 0 Å². The maximum Gasteiger partial charge on any atom is 0.387 e. The molecule has 2 rings (SSSR count). The minimum absolute atomic E-state index is 0.0374. The lowest BCUT2D eigenvalue weighted by molar-refractivity contribution is -0.0506. The third-order valence-corrected chi connectivity index (χ3v) is 2.99. The monoisotopic (exact) mass is 299 g/mol. The molecule has 0 aliphatic heterocycles. The summed E-state index contributed by atoms with van der Waals surface area (Å²) in [7, 11) is 0. The van der Waals surface area contributed by atoms with Crippen LogP contribution in [-0.2, 0) is 6.42 Å². The van der Waals surface area contributed by atoms with Crippen LogP contribution in [0.5, 0.6) is 5.75 Å². The molecule has 0 amide bonds. The zero-order valence-electron chi connectivity index (χ0n) is 10.9. The van der Waals surface area contributed by atoms with E-state index >= 15 is 0 Å². The van der Waals surface area contributed by atoms with Crippen LogP contribution in [0.4, 0.5) is 17.6 Å². The number of halogens is 4. The average molecular weight is 299 g/mol. The highest BCUT2D eigenvalue weighted by atomic mass is 19.3. The fraction of sp³-hybridized carbons (Fsp3) is 0.200. The Hall–Kier alpha value is -2.08. The van der Waals surface area contributed by atoms with E-state index in [4.69, 9.17) is 5.73 Å². The second-order valence-electron chi connectivity index (χ2n) is 4.46. The number of nitrogens with two attached hydrogens (primary N) is 1. The third kappa shape index (κ3) is 3.95. The largest absolute Gasteiger partial charge is 0.434 e. The lowest BCUT2D eigenvalue weighted by atomic mass is 9.98.